The van der Waals surface area contributed by atoms with Crippen LogP contribution in [-0.4, -0.2) is 34.4 Å². The number of fused-ring (bicyclic) bond motifs is 1. The van der Waals surface area contributed by atoms with Gasteiger partial charge in [-0.1, -0.05) is 24.3 Å². The fourth-order valence-corrected chi connectivity index (χ4v) is 3.75. The maximum absolute atomic E-state index is 5.95. The third-order valence-electron chi connectivity index (χ3n) is 5.28. The normalized spacial score (nSPS) is 15.2. The van der Waals surface area contributed by atoms with E-state index in [9.17, 15) is 0 Å². The summed E-state index contributed by atoms with van der Waals surface area (Å²) in [6.45, 7) is 6.27. The quantitative estimate of drug-likeness (QED) is 0.249. The lowest BCUT2D eigenvalue weighted by atomic mass is 10.1. The molecule has 9 heteroatoms. The van der Waals surface area contributed by atoms with Crippen molar-refractivity contribution in [1.82, 2.24) is 25.4 Å². The number of nitrogens with zero attached hydrogens (tertiary/aromatic N) is 4. The topological polar surface area (TPSA) is 85.6 Å². The minimum atomic E-state index is 0. The zero-order chi connectivity index (χ0) is 22.3. The summed E-state index contributed by atoms with van der Waals surface area (Å²) >= 11 is 0. The average molecular weight is 562 g/mol. The molecular formula is C24H31IN6O2. The molecule has 4 rings (SSSR count). The van der Waals surface area contributed by atoms with Gasteiger partial charge in [0.05, 0.1) is 19.7 Å². The predicted molar refractivity (Wildman–Crippen MR) is 140 cm³/mol. The zero-order valence-electron chi connectivity index (χ0n) is 19.2. The van der Waals surface area contributed by atoms with Crippen LogP contribution >= 0.6 is 24.0 Å². The Morgan fingerprint density at radius 1 is 1.15 bits per heavy atom. The molecule has 176 valence electrons. The monoisotopic (exact) mass is 562 g/mol. The number of guanidine groups is 1. The molecule has 0 saturated heterocycles. The van der Waals surface area contributed by atoms with Crippen molar-refractivity contribution in [3.63, 3.8) is 0 Å². The summed E-state index contributed by atoms with van der Waals surface area (Å²) in [4.78, 5) is 9.38. The first-order valence-electron chi connectivity index (χ1n) is 11.0. The third-order valence-corrected chi connectivity index (χ3v) is 5.28. The van der Waals surface area contributed by atoms with Crippen LogP contribution in [0.3, 0.4) is 0 Å². The van der Waals surface area contributed by atoms with Crippen molar-refractivity contribution in [2.45, 2.75) is 45.8 Å². The maximum atomic E-state index is 5.95. The highest BCUT2D eigenvalue weighted by Gasteiger charge is 2.24. The number of benzene rings is 2. The van der Waals surface area contributed by atoms with Gasteiger partial charge in [0.25, 0.3) is 0 Å². The highest BCUT2D eigenvalue weighted by Crippen LogP contribution is 2.31. The lowest BCUT2D eigenvalue weighted by Gasteiger charge is -2.25. The van der Waals surface area contributed by atoms with Crippen LogP contribution in [0.5, 0.6) is 17.2 Å². The Morgan fingerprint density at radius 3 is 2.64 bits per heavy atom. The second-order valence-corrected chi connectivity index (χ2v) is 7.67. The Bertz CT molecular complexity index is 1070. The first-order valence-corrected chi connectivity index (χ1v) is 11.0. The van der Waals surface area contributed by atoms with Crippen LogP contribution in [0.1, 0.15) is 43.0 Å². The van der Waals surface area contributed by atoms with Gasteiger partial charge in [-0.25, -0.2) is 14.7 Å². The predicted octanol–water partition coefficient (Wildman–Crippen LogP) is 4.60. The van der Waals surface area contributed by atoms with Crippen LogP contribution in [0, 0.1) is 6.92 Å². The van der Waals surface area contributed by atoms with Crippen LogP contribution in [-0.2, 0) is 13.1 Å². The second-order valence-electron chi connectivity index (χ2n) is 7.67. The Kier molecular flexibility index (Phi) is 8.93. The van der Waals surface area contributed by atoms with Gasteiger partial charge in [-0.3, -0.25) is 0 Å². The van der Waals surface area contributed by atoms with E-state index in [2.05, 4.69) is 27.6 Å². The molecule has 0 aliphatic carbocycles. The molecule has 2 N–H and O–H groups in total. The van der Waals surface area contributed by atoms with E-state index < -0.39 is 0 Å². The molecule has 0 radical (unpaired) electrons. The number of hydrogen-bond donors (Lipinski definition) is 2. The molecular weight excluding hydrogens is 531 g/mol. The third kappa shape index (κ3) is 6.37. The molecule has 2 heterocycles. The first-order chi connectivity index (χ1) is 15.7. The number of hydrogen-bond acceptors (Lipinski definition) is 5. The van der Waals surface area contributed by atoms with Crippen molar-refractivity contribution >= 4 is 29.9 Å². The van der Waals surface area contributed by atoms with Gasteiger partial charge in [0.2, 0.25) is 0 Å². The summed E-state index contributed by atoms with van der Waals surface area (Å²) in [6.07, 6.45) is 2.08. The van der Waals surface area contributed by atoms with Gasteiger partial charge in [-0.2, -0.15) is 5.10 Å². The molecule has 8 nitrogen and oxygen atoms in total. The van der Waals surface area contributed by atoms with E-state index in [4.69, 9.17) is 14.5 Å². The van der Waals surface area contributed by atoms with Crippen molar-refractivity contribution in [2.75, 3.05) is 13.7 Å². The summed E-state index contributed by atoms with van der Waals surface area (Å²) in [7, 11) is 1.64. The Labute approximate surface area is 211 Å². The van der Waals surface area contributed by atoms with Crippen LogP contribution in [0.4, 0.5) is 0 Å². The molecule has 1 aliphatic heterocycles. The number of halogens is 1. The van der Waals surface area contributed by atoms with Crippen LogP contribution < -0.4 is 20.1 Å². The number of aromatic nitrogens is 3. The summed E-state index contributed by atoms with van der Waals surface area (Å²) < 4.78 is 13.3. The molecule has 1 aliphatic rings. The van der Waals surface area contributed by atoms with E-state index in [1.165, 1.54) is 0 Å². The highest BCUT2D eigenvalue weighted by molar-refractivity contribution is 14.0. The molecule has 3 aromatic rings. The lowest BCUT2D eigenvalue weighted by Crippen LogP contribution is -2.41. The second kappa shape index (κ2) is 11.9. The summed E-state index contributed by atoms with van der Waals surface area (Å²) in [6, 6.07) is 15.7. The molecule has 0 spiro atoms. The molecule has 1 aromatic heterocycles. The SMILES string of the molecule is CCNC(=NCc1ccc(Oc2ccccc2OC)cc1)NC1CCCn2nc(C)nc21.I. The molecule has 0 amide bonds. The van der Waals surface area contributed by atoms with Crippen molar-refractivity contribution in [3.05, 3.63) is 65.7 Å². The van der Waals surface area contributed by atoms with Crippen molar-refractivity contribution in [2.24, 2.45) is 4.99 Å². The summed E-state index contributed by atoms with van der Waals surface area (Å²) in [5, 5.41) is 11.4. The standard InChI is InChI=1S/C24H30N6O2.HI/c1-4-25-24(28-20-8-7-15-30-23(20)27-17(2)29-30)26-16-18-11-13-19(14-12-18)32-22-10-6-5-9-21(22)31-3;/h5-6,9-14,20H,4,7-8,15-16H2,1-3H3,(H2,25,26,28);1H. The number of methoxy groups -OCH3 is 1. The highest BCUT2D eigenvalue weighted by atomic mass is 127. The van der Waals surface area contributed by atoms with Crippen molar-refractivity contribution in [1.29, 1.82) is 0 Å². The molecule has 0 bridgehead atoms. The number of aliphatic imine (C=N–C) groups is 1. The Balaban J connectivity index is 0.00000306. The zero-order valence-corrected chi connectivity index (χ0v) is 21.6. The summed E-state index contributed by atoms with van der Waals surface area (Å²) in [5.41, 5.74) is 1.09. The molecule has 33 heavy (non-hydrogen) atoms. The van der Waals surface area contributed by atoms with E-state index in [0.717, 1.165) is 54.9 Å². The van der Waals surface area contributed by atoms with Gasteiger partial charge >= 0.3 is 0 Å². The number of para-hydroxylation sites is 2. The van der Waals surface area contributed by atoms with E-state index in [1.807, 2.05) is 60.1 Å². The van der Waals surface area contributed by atoms with E-state index in [-0.39, 0.29) is 30.0 Å². The maximum Gasteiger partial charge on any atom is 0.192 e. The number of rotatable bonds is 7. The minimum Gasteiger partial charge on any atom is -0.493 e. The Hall–Kier alpha value is -2.82. The van der Waals surface area contributed by atoms with E-state index in [0.29, 0.717) is 18.0 Å². The van der Waals surface area contributed by atoms with Gasteiger partial charge in [0, 0.05) is 13.1 Å². The molecule has 1 atom stereocenters. The minimum absolute atomic E-state index is 0. The van der Waals surface area contributed by atoms with E-state index >= 15 is 0 Å². The fourth-order valence-electron chi connectivity index (χ4n) is 3.75. The van der Waals surface area contributed by atoms with Crippen LogP contribution in [0.15, 0.2) is 53.5 Å². The summed E-state index contributed by atoms with van der Waals surface area (Å²) in [5.74, 6) is 4.72. The van der Waals surface area contributed by atoms with Crippen molar-refractivity contribution < 1.29 is 9.47 Å². The van der Waals surface area contributed by atoms with E-state index in [1.54, 1.807) is 7.11 Å². The largest absolute Gasteiger partial charge is 0.493 e. The molecule has 2 aromatic carbocycles. The average Bonchev–Trinajstić information content (AvgIpc) is 3.20. The van der Waals surface area contributed by atoms with Crippen LogP contribution in [0.25, 0.3) is 0 Å². The number of ether oxygens (including phenoxy) is 2. The molecule has 0 fully saturated rings. The van der Waals surface area contributed by atoms with Gasteiger partial charge < -0.3 is 20.1 Å². The molecule has 0 saturated carbocycles. The number of aryl methyl sites for hydroxylation is 2. The van der Waals surface area contributed by atoms with Crippen molar-refractivity contribution in [3.8, 4) is 17.2 Å². The van der Waals surface area contributed by atoms with Gasteiger partial charge in [0.15, 0.2) is 17.5 Å². The Morgan fingerprint density at radius 2 is 1.91 bits per heavy atom. The fraction of sp³-hybridized carbons (Fsp3) is 0.375. The van der Waals surface area contributed by atoms with Gasteiger partial charge in [-0.05, 0) is 56.5 Å². The van der Waals surface area contributed by atoms with Crippen LogP contribution in [0.2, 0.25) is 0 Å². The van der Waals surface area contributed by atoms with Gasteiger partial charge in [-0.15, -0.1) is 24.0 Å². The number of nitrogens with one attached hydrogen (secondary N) is 2. The smallest absolute Gasteiger partial charge is 0.192 e. The lowest BCUT2D eigenvalue weighted by molar-refractivity contribution is 0.379. The molecule has 1 unspecified atom stereocenters. The first kappa shape index (κ1) is 24.8. The van der Waals surface area contributed by atoms with Gasteiger partial charge in [0.1, 0.15) is 17.4 Å².